The second kappa shape index (κ2) is 5.23. The highest BCUT2D eigenvalue weighted by atomic mass is 16.5. The van der Waals surface area contributed by atoms with Crippen LogP contribution in [0.4, 0.5) is 5.69 Å². The van der Waals surface area contributed by atoms with Crippen LogP contribution in [0.25, 0.3) is 11.3 Å². The van der Waals surface area contributed by atoms with Crippen molar-refractivity contribution in [2.45, 2.75) is 19.4 Å². The van der Waals surface area contributed by atoms with Crippen LogP contribution >= 0.6 is 0 Å². The van der Waals surface area contributed by atoms with Crippen LogP contribution < -0.4 is 5.32 Å². The molecule has 120 valence electrons. The van der Waals surface area contributed by atoms with Gasteiger partial charge in [-0.2, -0.15) is 0 Å². The van der Waals surface area contributed by atoms with Crippen molar-refractivity contribution in [3.05, 3.63) is 64.7 Å². The molecule has 1 unspecified atom stereocenters. The average molecular weight is 321 g/mol. The van der Waals surface area contributed by atoms with E-state index in [1.165, 1.54) is 0 Å². The van der Waals surface area contributed by atoms with E-state index in [-0.39, 0.29) is 18.4 Å². The largest absolute Gasteiger partial charge is 0.484 e. The first-order valence-electron chi connectivity index (χ1n) is 7.71. The van der Waals surface area contributed by atoms with E-state index in [0.29, 0.717) is 11.3 Å². The van der Waals surface area contributed by atoms with E-state index >= 15 is 0 Å². The SMILES string of the molecule is CC1O/C(=C2/C(=O)Nc3ccccc32)c2ccc(CC(=O)O)cc21. The van der Waals surface area contributed by atoms with Gasteiger partial charge in [-0.05, 0) is 18.6 Å². The Labute approximate surface area is 138 Å². The van der Waals surface area contributed by atoms with Gasteiger partial charge in [-0.15, -0.1) is 0 Å². The van der Waals surface area contributed by atoms with Gasteiger partial charge in [0.2, 0.25) is 0 Å². The molecule has 0 saturated heterocycles. The predicted octanol–water partition coefficient (Wildman–Crippen LogP) is 3.23. The first-order valence-corrected chi connectivity index (χ1v) is 7.71. The number of hydrogen-bond donors (Lipinski definition) is 2. The molecule has 2 N–H and O–H groups in total. The zero-order chi connectivity index (χ0) is 16.8. The Morgan fingerprint density at radius 3 is 2.79 bits per heavy atom. The predicted molar refractivity (Wildman–Crippen MR) is 89.2 cm³/mol. The molecule has 2 aliphatic rings. The van der Waals surface area contributed by atoms with Crippen molar-refractivity contribution in [1.82, 2.24) is 0 Å². The topological polar surface area (TPSA) is 75.6 Å². The molecule has 0 spiro atoms. The van der Waals surface area contributed by atoms with Gasteiger partial charge in [0.25, 0.3) is 5.91 Å². The molecule has 5 heteroatoms. The molecule has 2 aromatic rings. The third-order valence-corrected chi connectivity index (χ3v) is 4.35. The molecule has 0 saturated carbocycles. The Kier molecular flexibility index (Phi) is 3.16. The average Bonchev–Trinajstić information content (AvgIpc) is 3.03. The van der Waals surface area contributed by atoms with Crippen LogP contribution in [0.15, 0.2) is 42.5 Å². The Morgan fingerprint density at radius 2 is 2.00 bits per heavy atom. The van der Waals surface area contributed by atoms with E-state index in [1.807, 2.05) is 43.3 Å². The van der Waals surface area contributed by atoms with E-state index in [4.69, 9.17) is 9.84 Å². The van der Waals surface area contributed by atoms with E-state index < -0.39 is 5.97 Å². The number of aliphatic carboxylic acids is 1. The van der Waals surface area contributed by atoms with Crippen LogP contribution in [0.5, 0.6) is 0 Å². The second-order valence-corrected chi connectivity index (χ2v) is 5.96. The fraction of sp³-hybridized carbons (Fsp3) is 0.158. The quantitative estimate of drug-likeness (QED) is 0.833. The van der Waals surface area contributed by atoms with Gasteiger partial charge in [-0.25, -0.2) is 0 Å². The number of fused-ring (bicyclic) bond motifs is 2. The van der Waals surface area contributed by atoms with Gasteiger partial charge in [0.15, 0.2) is 0 Å². The van der Waals surface area contributed by atoms with E-state index in [0.717, 1.165) is 27.9 Å². The van der Waals surface area contributed by atoms with Crippen molar-refractivity contribution in [2.24, 2.45) is 0 Å². The smallest absolute Gasteiger partial charge is 0.307 e. The third kappa shape index (κ3) is 2.17. The van der Waals surface area contributed by atoms with Gasteiger partial charge < -0.3 is 15.2 Å². The minimum absolute atomic E-state index is 0.0325. The monoisotopic (exact) mass is 321 g/mol. The molecule has 0 fully saturated rings. The van der Waals surface area contributed by atoms with Crippen LogP contribution in [-0.4, -0.2) is 17.0 Å². The van der Waals surface area contributed by atoms with Gasteiger partial charge in [-0.3, -0.25) is 9.59 Å². The summed E-state index contributed by atoms with van der Waals surface area (Å²) in [4.78, 5) is 23.3. The summed E-state index contributed by atoms with van der Waals surface area (Å²) in [5.41, 5.74) is 4.61. The zero-order valence-electron chi connectivity index (χ0n) is 13.0. The van der Waals surface area contributed by atoms with Gasteiger partial charge in [0.1, 0.15) is 11.9 Å². The van der Waals surface area contributed by atoms with Gasteiger partial charge in [0.05, 0.1) is 12.0 Å². The molecule has 24 heavy (non-hydrogen) atoms. The number of ether oxygens (including phenoxy) is 1. The lowest BCUT2D eigenvalue weighted by atomic mass is 9.97. The summed E-state index contributed by atoms with van der Waals surface area (Å²) in [5, 5.41) is 11.8. The second-order valence-electron chi connectivity index (χ2n) is 5.96. The number of nitrogens with one attached hydrogen (secondary N) is 1. The summed E-state index contributed by atoms with van der Waals surface area (Å²) < 4.78 is 5.97. The van der Waals surface area contributed by atoms with Gasteiger partial charge >= 0.3 is 5.97 Å². The number of carboxylic acids is 1. The maximum absolute atomic E-state index is 12.4. The van der Waals surface area contributed by atoms with Gasteiger partial charge in [0, 0.05) is 22.4 Å². The lowest BCUT2D eigenvalue weighted by Crippen LogP contribution is -2.05. The number of hydrogen-bond acceptors (Lipinski definition) is 3. The number of carbonyl (C=O) groups excluding carboxylic acids is 1. The van der Waals surface area contributed by atoms with Crippen molar-refractivity contribution in [3.63, 3.8) is 0 Å². The number of para-hydroxylation sites is 1. The van der Waals surface area contributed by atoms with Crippen molar-refractivity contribution >= 4 is 28.9 Å². The molecule has 2 heterocycles. The molecule has 1 atom stereocenters. The summed E-state index contributed by atoms with van der Waals surface area (Å²) in [6.45, 7) is 1.90. The van der Waals surface area contributed by atoms with E-state index in [1.54, 1.807) is 6.07 Å². The van der Waals surface area contributed by atoms with Crippen LogP contribution in [-0.2, 0) is 20.7 Å². The van der Waals surface area contributed by atoms with Crippen LogP contribution in [0.1, 0.15) is 35.3 Å². The van der Waals surface area contributed by atoms with Crippen LogP contribution in [0.2, 0.25) is 0 Å². The summed E-state index contributed by atoms with van der Waals surface area (Å²) in [6.07, 6.45) is -0.258. The number of benzene rings is 2. The Morgan fingerprint density at radius 1 is 1.21 bits per heavy atom. The highest BCUT2D eigenvalue weighted by Crippen LogP contribution is 2.45. The number of amides is 1. The molecule has 2 aromatic carbocycles. The standard InChI is InChI=1S/C19H15NO4/c1-10-14-8-11(9-16(21)22)6-7-12(14)18(24-10)17-13-4-2-3-5-15(13)20-19(17)23/h2-8,10H,9H2,1H3,(H,20,23)(H,21,22)/b18-17+. The molecule has 0 radical (unpaired) electrons. The fourth-order valence-electron chi connectivity index (χ4n) is 3.28. The Hall–Kier alpha value is -3.08. The highest BCUT2D eigenvalue weighted by molar-refractivity contribution is 6.36. The maximum Gasteiger partial charge on any atom is 0.307 e. The lowest BCUT2D eigenvalue weighted by Gasteiger charge is -2.07. The highest BCUT2D eigenvalue weighted by Gasteiger charge is 2.34. The number of rotatable bonds is 2. The Bertz CT molecular complexity index is 913. The summed E-state index contributed by atoms with van der Waals surface area (Å²) in [7, 11) is 0. The van der Waals surface area contributed by atoms with Crippen LogP contribution in [0.3, 0.4) is 0 Å². The van der Waals surface area contributed by atoms with Crippen molar-refractivity contribution < 1.29 is 19.4 Å². The fourth-order valence-corrected chi connectivity index (χ4v) is 3.28. The molecular formula is C19H15NO4. The normalized spacial score (nSPS) is 21.0. The van der Waals surface area contributed by atoms with E-state index in [2.05, 4.69) is 5.32 Å². The molecule has 0 aliphatic carbocycles. The van der Waals surface area contributed by atoms with Crippen molar-refractivity contribution in [1.29, 1.82) is 0 Å². The zero-order valence-corrected chi connectivity index (χ0v) is 13.0. The lowest BCUT2D eigenvalue weighted by molar-refractivity contribution is -0.136. The molecule has 4 rings (SSSR count). The van der Waals surface area contributed by atoms with E-state index in [9.17, 15) is 9.59 Å². The number of carboxylic acid groups (broad SMARTS) is 1. The van der Waals surface area contributed by atoms with Crippen molar-refractivity contribution in [2.75, 3.05) is 5.32 Å². The molecule has 0 bridgehead atoms. The van der Waals surface area contributed by atoms with Gasteiger partial charge in [-0.1, -0.05) is 36.4 Å². The summed E-state index contributed by atoms with van der Waals surface area (Å²) in [6, 6.07) is 13.0. The molecule has 1 amide bonds. The van der Waals surface area contributed by atoms with Crippen molar-refractivity contribution in [3.8, 4) is 0 Å². The summed E-state index contributed by atoms with van der Waals surface area (Å²) >= 11 is 0. The third-order valence-electron chi connectivity index (χ3n) is 4.35. The number of carbonyl (C=O) groups is 2. The maximum atomic E-state index is 12.4. The van der Waals surface area contributed by atoms with Crippen LogP contribution in [0, 0.1) is 0 Å². The minimum atomic E-state index is -0.871. The molecular weight excluding hydrogens is 306 g/mol. The summed E-state index contributed by atoms with van der Waals surface area (Å²) in [5.74, 6) is -0.494. The Balaban J connectivity index is 1.86. The molecule has 5 nitrogen and oxygen atoms in total. The molecule has 2 aliphatic heterocycles. The molecule has 0 aromatic heterocycles. The first-order chi connectivity index (χ1) is 11.5. The minimum Gasteiger partial charge on any atom is -0.484 e. The number of anilines is 1. The first kappa shape index (κ1) is 14.5.